The summed E-state index contributed by atoms with van der Waals surface area (Å²) in [6, 6.07) is 12.6. The molecule has 2 aromatic heterocycles. The molecule has 1 aliphatic rings. The van der Waals surface area contributed by atoms with Crippen molar-refractivity contribution >= 4 is 11.8 Å². The maximum atomic E-state index is 12.6. The fourth-order valence-corrected chi connectivity index (χ4v) is 3.28. The average Bonchev–Trinajstić information content (AvgIpc) is 3.07. The summed E-state index contributed by atoms with van der Waals surface area (Å²) < 4.78 is 5.03. The molecular weight excluding hydrogens is 368 g/mol. The van der Waals surface area contributed by atoms with Crippen molar-refractivity contribution in [3.63, 3.8) is 0 Å². The van der Waals surface area contributed by atoms with Crippen molar-refractivity contribution in [2.45, 2.75) is 19.6 Å². The Morgan fingerprint density at radius 1 is 1.14 bits per heavy atom. The number of nitrogens with zero attached hydrogens (tertiary/aromatic N) is 3. The van der Waals surface area contributed by atoms with E-state index in [1.807, 2.05) is 18.2 Å². The first-order chi connectivity index (χ1) is 14.1. The first-order valence-electron chi connectivity index (χ1n) is 9.22. The normalized spacial score (nSPS) is 12.6. The maximum Gasteiger partial charge on any atom is 0.254 e. The fourth-order valence-electron chi connectivity index (χ4n) is 3.28. The number of benzene rings is 1. The number of rotatable bonds is 6. The van der Waals surface area contributed by atoms with E-state index in [1.165, 1.54) is 0 Å². The largest absolute Gasteiger partial charge is 0.481 e. The van der Waals surface area contributed by atoms with E-state index in [0.29, 0.717) is 36.6 Å². The van der Waals surface area contributed by atoms with Gasteiger partial charge in [-0.2, -0.15) is 0 Å². The van der Waals surface area contributed by atoms with E-state index < -0.39 is 0 Å². The summed E-state index contributed by atoms with van der Waals surface area (Å²) >= 11 is 0. The summed E-state index contributed by atoms with van der Waals surface area (Å²) in [5.41, 5.74) is 3.94. The Kier molecular flexibility index (Phi) is 5.20. The zero-order valence-corrected chi connectivity index (χ0v) is 16.0. The van der Waals surface area contributed by atoms with Gasteiger partial charge in [0.2, 0.25) is 5.88 Å². The molecule has 1 aliphatic heterocycles. The molecule has 0 saturated heterocycles. The lowest BCUT2D eigenvalue weighted by molar-refractivity contribution is 0.0766. The van der Waals surface area contributed by atoms with Gasteiger partial charge in [0.1, 0.15) is 0 Å². The zero-order chi connectivity index (χ0) is 20.2. The molecule has 7 nitrogen and oxygen atoms in total. The number of fused-ring (bicyclic) bond motifs is 1. The molecule has 2 amide bonds. The van der Waals surface area contributed by atoms with Crippen LogP contribution in [0, 0.1) is 0 Å². The number of aromatic nitrogens is 2. The van der Waals surface area contributed by atoms with Gasteiger partial charge in [0.05, 0.1) is 7.11 Å². The smallest absolute Gasteiger partial charge is 0.254 e. The highest BCUT2D eigenvalue weighted by molar-refractivity contribution is 6.01. The van der Waals surface area contributed by atoms with Crippen LogP contribution in [-0.2, 0) is 19.6 Å². The van der Waals surface area contributed by atoms with Gasteiger partial charge in [-0.05, 0) is 47.0 Å². The molecule has 4 rings (SSSR count). The van der Waals surface area contributed by atoms with Crippen LogP contribution in [0.4, 0.5) is 0 Å². The second-order valence-electron chi connectivity index (χ2n) is 6.78. The van der Waals surface area contributed by atoms with Crippen LogP contribution >= 0.6 is 0 Å². The van der Waals surface area contributed by atoms with Crippen LogP contribution in [-0.4, -0.2) is 33.8 Å². The highest BCUT2D eigenvalue weighted by Gasteiger charge is 2.28. The molecule has 0 bridgehead atoms. The molecule has 146 valence electrons. The van der Waals surface area contributed by atoms with Gasteiger partial charge in [-0.3, -0.25) is 14.6 Å². The van der Waals surface area contributed by atoms with Crippen LogP contribution in [0.2, 0.25) is 0 Å². The number of pyridine rings is 2. The summed E-state index contributed by atoms with van der Waals surface area (Å²) in [4.78, 5) is 35.1. The average molecular weight is 388 g/mol. The molecule has 0 saturated carbocycles. The molecule has 0 aliphatic carbocycles. The van der Waals surface area contributed by atoms with Crippen LogP contribution < -0.4 is 10.1 Å². The Hall–Kier alpha value is -3.74. The fraction of sp³-hybridized carbons (Fsp3) is 0.182. The van der Waals surface area contributed by atoms with Crippen LogP contribution in [0.5, 0.6) is 5.88 Å². The van der Waals surface area contributed by atoms with E-state index in [1.54, 1.807) is 54.9 Å². The predicted octanol–water partition coefficient (Wildman–Crippen LogP) is 2.57. The van der Waals surface area contributed by atoms with Crippen molar-refractivity contribution in [2.24, 2.45) is 0 Å². The summed E-state index contributed by atoms with van der Waals surface area (Å²) in [6.45, 7) is 1.36. The van der Waals surface area contributed by atoms with Crippen LogP contribution in [0.15, 0.2) is 61.1 Å². The molecule has 0 atom stereocenters. The number of hydrogen-bond acceptors (Lipinski definition) is 5. The molecular formula is C22H20N4O3. The second-order valence-corrected chi connectivity index (χ2v) is 6.78. The van der Waals surface area contributed by atoms with Crippen molar-refractivity contribution < 1.29 is 14.3 Å². The van der Waals surface area contributed by atoms with Gasteiger partial charge in [0.25, 0.3) is 11.8 Å². The number of amides is 2. The molecule has 0 radical (unpaired) electrons. The van der Waals surface area contributed by atoms with E-state index in [2.05, 4.69) is 15.3 Å². The number of carbonyl (C=O) groups is 2. The predicted molar refractivity (Wildman–Crippen MR) is 106 cm³/mol. The lowest BCUT2D eigenvalue weighted by Gasteiger charge is -2.15. The Balaban J connectivity index is 1.41. The van der Waals surface area contributed by atoms with E-state index in [-0.39, 0.29) is 11.8 Å². The number of methoxy groups -OCH3 is 1. The standard InChI is InChI=1S/C22H20N4O3/c1-29-20-5-2-16(11-24-20)12-25-21(27)17-3-4-19-18(10-17)14-26(22(19)28)13-15-6-8-23-9-7-15/h2-11H,12-14H2,1H3,(H,25,27). The molecule has 7 heteroatoms. The van der Waals surface area contributed by atoms with Crippen molar-refractivity contribution in [3.8, 4) is 5.88 Å². The molecule has 1 aromatic carbocycles. The van der Waals surface area contributed by atoms with Crippen LogP contribution in [0.25, 0.3) is 0 Å². The third-order valence-electron chi connectivity index (χ3n) is 4.83. The first kappa shape index (κ1) is 18.6. The quantitative estimate of drug-likeness (QED) is 0.702. The second kappa shape index (κ2) is 8.10. The SMILES string of the molecule is COc1ccc(CNC(=O)c2ccc3c(c2)CN(Cc2ccncc2)C3=O)cn1. The number of ether oxygens (including phenoxy) is 1. The molecule has 0 unspecified atom stereocenters. The minimum absolute atomic E-state index is 0.0203. The van der Waals surface area contributed by atoms with E-state index >= 15 is 0 Å². The summed E-state index contributed by atoms with van der Waals surface area (Å²) in [7, 11) is 1.56. The van der Waals surface area contributed by atoms with Gasteiger partial charge in [-0.15, -0.1) is 0 Å². The summed E-state index contributed by atoms with van der Waals surface area (Å²) in [5.74, 6) is 0.316. The molecule has 3 heterocycles. The molecule has 3 aromatic rings. The van der Waals surface area contributed by atoms with Gasteiger partial charge in [0.15, 0.2) is 0 Å². The van der Waals surface area contributed by atoms with Gasteiger partial charge in [-0.1, -0.05) is 6.07 Å². The van der Waals surface area contributed by atoms with Crippen LogP contribution in [0.1, 0.15) is 37.4 Å². The lowest BCUT2D eigenvalue weighted by atomic mass is 10.1. The van der Waals surface area contributed by atoms with Crippen molar-refractivity contribution in [1.82, 2.24) is 20.2 Å². The van der Waals surface area contributed by atoms with Crippen molar-refractivity contribution in [1.29, 1.82) is 0 Å². The Morgan fingerprint density at radius 3 is 2.69 bits per heavy atom. The zero-order valence-electron chi connectivity index (χ0n) is 16.0. The monoisotopic (exact) mass is 388 g/mol. The molecule has 0 spiro atoms. The number of nitrogens with one attached hydrogen (secondary N) is 1. The molecule has 0 fully saturated rings. The number of carbonyl (C=O) groups excluding carboxylic acids is 2. The van der Waals surface area contributed by atoms with E-state index in [4.69, 9.17) is 4.74 Å². The summed E-state index contributed by atoms with van der Waals surface area (Å²) in [6.07, 6.45) is 5.09. The first-order valence-corrected chi connectivity index (χ1v) is 9.22. The van der Waals surface area contributed by atoms with Crippen molar-refractivity contribution in [2.75, 3.05) is 7.11 Å². The van der Waals surface area contributed by atoms with Crippen LogP contribution in [0.3, 0.4) is 0 Å². The maximum absolute atomic E-state index is 12.6. The third-order valence-corrected chi connectivity index (χ3v) is 4.83. The van der Waals surface area contributed by atoms with Gasteiger partial charge in [0, 0.05) is 55.4 Å². The highest BCUT2D eigenvalue weighted by atomic mass is 16.5. The van der Waals surface area contributed by atoms with Gasteiger partial charge >= 0.3 is 0 Å². The molecule has 1 N–H and O–H groups in total. The third kappa shape index (κ3) is 4.08. The molecule has 29 heavy (non-hydrogen) atoms. The van der Waals surface area contributed by atoms with Gasteiger partial charge < -0.3 is 15.0 Å². The van der Waals surface area contributed by atoms with Gasteiger partial charge in [-0.25, -0.2) is 4.98 Å². The Bertz CT molecular complexity index is 1040. The number of hydrogen-bond donors (Lipinski definition) is 1. The van der Waals surface area contributed by atoms with E-state index in [9.17, 15) is 9.59 Å². The Labute approximate surface area is 168 Å². The summed E-state index contributed by atoms with van der Waals surface area (Å²) in [5, 5.41) is 2.88. The topological polar surface area (TPSA) is 84.4 Å². The van der Waals surface area contributed by atoms with E-state index in [0.717, 1.165) is 16.7 Å². The lowest BCUT2D eigenvalue weighted by Crippen LogP contribution is -2.23. The minimum atomic E-state index is -0.191. The minimum Gasteiger partial charge on any atom is -0.481 e. The Morgan fingerprint density at radius 2 is 1.97 bits per heavy atom. The van der Waals surface area contributed by atoms with Crippen molar-refractivity contribution in [3.05, 3.63) is 88.9 Å². The highest BCUT2D eigenvalue weighted by Crippen LogP contribution is 2.25.